The van der Waals surface area contributed by atoms with Crippen molar-refractivity contribution in [1.82, 2.24) is 4.90 Å². The van der Waals surface area contributed by atoms with Crippen molar-refractivity contribution in [2.75, 3.05) is 6.54 Å². The maximum absolute atomic E-state index is 13.4. The number of thiophene rings is 1. The highest BCUT2D eigenvalue weighted by atomic mass is 32.2. The standard InChI is InChI=1S/C20H17F2NO3S3/c21-14-6-12(7-15(22)9-14)13-8-16(28-11-13)10-17-19(26)23(20(27)29-17)5-3-1-2-4-18(24)25/h6-11H,1-5H2,(H,24,25)/b17-10-. The minimum atomic E-state index is -0.824. The third-order valence-corrected chi connectivity index (χ3v) is 6.49. The van der Waals surface area contributed by atoms with E-state index in [1.807, 2.05) is 0 Å². The molecule has 0 radical (unpaired) electrons. The average molecular weight is 454 g/mol. The Balaban J connectivity index is 1.65. The second-order valence-corrected chi connectivity index (χ2v) is 9.05. The van der Waals surface area contributed by atoms with Gasteiger partial charge in [0.25, 0.3) is 5.91 Å². The van der Waals surface area contributed by atoms with Gasteiger partial charge in [0, 0.05) is 23.9 Å². The third-order valence-electron chi connectivity index (χ3n) is 4.23. The van der Waals surface area contributed by atoms with Crippen molar-refractivity contribution in [3.63, 3.8) is 0 Å². The Morgan fingerprint density at radius 3 is 2.52 bits per heavy atom. The Hall–Kier alpha value is -2.10. The minimum Gasteiger partial charge on any atom is -0.481 e. The van der Waals surface area contributed by atoms with Crippen LogP contribution in [0.3, 0.4) is 0 Å². The number of thiocarbonyl (C=S) groups is 1. The number of halogens is 2. The Morgan fingerprint density at radius 2 is 1.83 bits per heavy atom. The van der Waals surface area contributed by atoms with Crippen LogP contribution in [-0.4, -0.2) is 32.7 Å². The highest BCUT2D eigenvalue weighted by molar-refractivity contribution is 8.26. The summed E-state index contributed by atoms with van der Waals surface area (Å²) in [4.78, 5) is 26.0. The van der Waals surface area contributed by atoms with E-state index in [1.165, 1.54) is 40.1 Å². The summed E-state index contributed by atoms with van der Waals surface area (Å²) in [5.41, 5.74) is 1.11. The molecule has 1 fully saturated rings. The minimum absolute atomic E-state index is 0.119. The number of carboxylic acids is 1. The van der Waals surface area contributed by atoms with Crippen LogP contribution < -0.4 is 0 Å². The van der Waals surface area contributed by atoms with E-state index in [1.54, 1.807) is 17.5 Å². The van der Waals surface area contributed by atoms with Crippen LogP contribution >= 0.6 is 35.3 Å². The lowest BCUT2D eigenvalue weighted by Crippen LogP contribution is -2.29. The summed E-state index contributed by atoms with van der Waals surface area (Å²) in [6.07, 6.45) is 3.81. The van der Waals surface area contributed by atoms with Gasteiger partial charge in [0.15, 0.2) is 0 Å². The average Bonchev–Trinajstić information content (AvgIpc) is 3.20. The number of carbonyl (C=O) groups excluding carboxylic acids is 1. The number of thioether (sulfide) groups is 1. The molecule has 1 saturated heterocycles. The molecule has 0 spiro atoms. The van der Waals surface area contributed by atoms with Gasteiger partial charge in [0.2, 0.25) is 0 Å². The van der Waals surface area contributed by atoms with Crippen LogP contribution in [0.1, 0.15) is 30.6 Å². The SMILES string of the molecule is O=C(O)CCCCCN1C(=O)/C(=C/c2cc(-c3cc(F)cc(F)c3)cs2)SC1=S. The van der Waals surface area contributed by atoms with Crippen LogP contribution in [0.25, 0.3) is 17.2 Å². The zero-order chi connectivity index (χ0) is 21.0. The number of hydrogen-bond donors (Lipinski definition) is 1. The first-order valence-corrected chi connectivity index (χ1v) is 11.0. The summed E-state index contributed by atoms with van der Waals surface area (Å²) < 4.78 is 27.3. The molecule has 152 valence electrons. The molecule has 2 heterocycles. The molecule has 1 aromatic carbocycles. The zero-order valence-electron chi connectivity index (χ0n) is 15.2. The van der Waals surface area contributed by atoms with Gasteiger partial charge in [-0.15, -0.1) is 11.3 Å². The van der Waals surface area contributed by atoms with Crippen LogP contribution in [0.15, 0.2) is 34.6 Å². The second kappa shape index (κ2) is 9.60. The Bertz CT molecular complexity index is 967. The van der Waals surface area contributed by atoms with Gasteiger partial charge >= 0.3 is 5.97 Å². The predicted octanol–water partition coefficient (Wildman–Crippen LogP) is 5.54. The molecule has 2 aromatic rings. The van der Waals surface area contributed by atoms with Gasteiger partial charge < -0.3 is 5.11 Å². The molecular weight excluding hydrogens is 436 g/mol. The van der Waals surface area contributed by atoms with E-state index in [9.17, 15) is 18.4 Å². The van der Waals surface area contributed by atoms with E-state index < -0.39 is 17.6 Å². The number of unbranched alkanes of at least 4 members (excludes halogenated alkanes) is 2. The first-order valence-electron chi connectivity index (χ1n) is 8.85. The summed E-state index contributed by atoms with van der Waals surface area (Å²) in [5.74, 6) is -2.28. The van der Waals surface area contributed by atoms with Crippen molar-refractivity contribution < 1.29 is 23.5 Å². The maximum atomic E-state index is 13.4. The second-order valence-electron chi connectivity index (χ2n) is 6.43. The fraction of sp³-hybridized carbons (Fsp3) is 0.250. The summed E-state index contributed by atoms with van der Waals surface area (Å²) in [6.45, 7) is 0.458. The zero-order valence-corrected chi connectivity index (χ0v) is 17.6. The number of amides is 1. The number of carbonyl (C=O) groups is 2. The van der Waals surface area contributed by atoms with Gasteiger partial charge in [0.05, 0.1) is 4.91 Å². The van der Waals surface area contributed by atoms with Gasteiger partial charge in [0.1, 0.15) is 16.0 Å². The Labute approximate surface area is 180 Å². The molecule has 1 aliphatic heterocycles. The molecule has 1 aromatic heterocycles. The summed E-state index contributed by atoms with van der Waals surface area (Å²) in [5, 5.41) is 10.4. The highest BCUT2D eigenvalue weighted by Gasteiger charge is 2.31. The topological polar surface area (TPSA) is 57.6 Å². The molecule has 1 N–H and O–H groups in total. The van der Waals surface area contributed by atoms with Crippen LogP contribution in [0.2, 0.25) is 0 Å². The maximum Gasteiger partial charge on any atom is 0.303 e. The molecule has 4 nitrogen and oxygen atoms in total. The molecular formula is C20H17F2NO3S3. The fourth-order valence-electron chi connectivity index (χ4n) is 2.85. The third kappa shape index (κ3) is 5.71. The molecule has 9 heteroatoms. The van der Waals surface area contributed by atoms with E-state index in [2.05, 4.69) is 0 Å². The van der Waals surface area contributed by atoms with Crippen LogP contribution in [0, 0.1) is 11.6 Å². The largest absolute Gasteiger partial charge is 0.481 e. The smallest absolute Gasteiger partial charge is 0.303 e. The van der Waals surface area contributed by atoms with Crippen LogP contribution in [-0.2, 0) is 9.59 Å². The van der Waals surface area contributed by atoms with E-state index in [-0.39, 0.29) is 12.3 Å². The number of benzene rings is 1. The van der Waals surface area contributed by atoms with E-state index in [0.29, 0.717) is 46.2 Å². The van der Waals surface area contributed by atoms with Crippen molar-refractivity contribution in [3.05, 3.63) is 51.1 Å². The first-order chi connectivity index (χ1) is 13.8. The number of rotatable bonds is 8. The van der Waals surface area contributed by atoms with E-state index in [0.717, 1.165) is 10.9 Å². The summed E-state index contributed by atoms with van der Waals surface area (Å²) >= 11 is 7.88. The molecule has 29 heavy (non-hydrogen) atoms. The Kier molecular flexibility index (Phi) is 7.15. The Morgan fingerprint density at radius 1 is 1.10 bits per heavy atom. The lowest BCUT2D eigenvalue weighted by Gasteiger charge is -2.13. The number of nitrogens with zero attached hydrogens (tertiary/aromatic N) is 1. The number of aliphatic carboxylic acids is 1. The van der Waals surface area contributed by atoms with Crippen LogP contribution in [0.5, 0.6) is 0 Å². The van der Waals surface area contributed by atoms with Crippen molar-refractivity contribution >= 4 is 57.6 Å². The molecule has 1 amide bonds. The van der Waals surface area contributed by atoms with Gasteiger partial charge in [-0.1, -0.05) is 30.4 Å². The monoisotopic (exact) mass is 453 g/mol. The molecule has 0 bridgehead atoms. The molecule has 0 saturated carbocycles. The van der Waals surface area contributed by atoms with Crippen molar-refractivity contribution in [1.29, 1.82) is 0 Å². The summed E-state index contributed by atoms with van der Waals surface area (Å²) in [6, 6.07) is 5.12. The predicted molar refractivity (Wildman–Crippen MR) is 116 cm³/mol. The quantitative estimate of drug-likeness (QED) is 0.323. The van der Waals surface area contributed by atoms with Gasteiger partial charge in [-0.25, -0.2) is 8.78 Å². The molecule has 0 atom stereocenters. The fourth-order valence-corrected chi connectivity index (χ4v) is 5.07. The van der Waals surface area contributed by atoms with Crippen LogP contribution in [0.4, 0.5) is 8.78 Å². The lowest BCUT2D eigenvalue weighted by atomic mass is 10.1. The highest BCUT2D eigenvalue weighted by Crippen LogP contribution is 2.35. The van der Waals surface area contributed by atoms with Gasteiger partial charge in [-0.05, 0) is 53.6 Å². The van der Waals surface area contributed by atoms with Crippen molar-refractivity contribution in [2.24, 2.45) is 0 Å². The normalized spacial score (nSPS) is 15.5. The number of carboxylic acid groups (broad SMARTS) is 1. The van der Waals surface area contributed by atoms with Gasteiger partial charge in [-0.2, -0.15) is 0 Å². The molecule has 3 rings (SSSR count). The molecule has 0 unspecified atom stereocenters. The van der Waals surface area contributed by atoms with Crippen molar-refractivity contribution in [2.45, 2.75) is 25.7 Å². The molecule has 0 aliphatic carbocycles. The van der Waals surface area contributed by atoms with E-state index in [4.69, 9.17) is 17.3 Å². The number of hydrogen-bond acceptors (Lipinski definition) is 5. The van der Waals surface area contributed by atoms with E-state index >= 15 is 0 Å². The summed E-state index contributed by atoms with van der Waals surface area (Å²) in [7, 11) is 0. The molecule has 1 aliphatic rings. The van der Waals surface area contributed by atoms with Gasteiger partial charge in [-0.3, -0.25) is 14.5 Å². The lowest BCUT2D eigenvalue weighted by molar-refractivity contribution is -0.137. The van der Waals surface area contributed by atoms with Crippen molar-refractivity contribution in [3.8, 4) is 11.1 Å². The first kappa shape index (κ1) is 21.6.